The summed E-state index contributed by atoms with van der Waals surface area (Å²) in [7, 11) is 1.74. The normalized spacial score (nSPS) is 25.7. The summed E-state index contributed by atoms with van der Waals surface area (Å²) in [5.41, 5.74) is 1.20. The monoisotopic (exact) mass is 225 g/mol. The molecule has 1 aliphatic rings. The van der Waals surface area contributed by atoms with Crippen molar-refractivity contribution in [3.8, 4) is 0 Å². The summed E-state index contributed by atoms with van der Waals surface area (Å²) in [5, 5.41) is 4.32. The second-order valence-electron chi connectivity index (χ2n) is 4.06. The maximum Gasteiger partial charge on any atom is 0.0686 e. The second kappa shape index (κ2) is 4.52. The maximum atomic E-state index is 6.02. The molecule has 1 heterocycles. The van der Waals surface area contributed by atoms with Gasteiger partial charge in [-0.1, -0.05) is 23.7 Å². The zero-order chi connectivity index (χ0) is 10.7. The minimum absolute atomic E-state index is 0.0281. The third kappa shape index (κ3) is 2.17. The predicted octanol–water partition coefficient (Wildman–Crippen LogP) is 2.57. The average Bonchev–Trinajstić information content (AvgIpc) is 2.68. The number of halogens is 1. The molecule has 0 bridgehead atoms. The molecule has 1 atom stereocenters. The SMILES string of the molecule is COCC1(c2cccc(Cl)c2)CCCN1. The first-order valence-electron chi connectivity index (χ1n) is 5.27. The Hall–Kier alpha value is -0.570. The van der Waals surface area contributed by atoms with Gasteiger partial charge < -0.3 is 10.1 Å². The van der Waals surface area contributed by atoms with Gasteiger partial charge in [0.2, 0.25) is 0 Å². The fourth-order valence-corrected chi connectivity index (χ4v) is 2.48. The number of hydrogen-bond donors (Lipinski definition) is 1. The van der Waals surface area contributed by atoms with Crippen molar-refractivity contribution in [1.82, 2.24) is 5.32 Å². The molecule has 2 rings (SSSR count). The van der Waals surface area contributed by atoms with Crippen LogP contribution >= 0.6 is 11.6 Å². The Morgan fingerprint density at radius 1 is 1.53 bits per heavy atom. The van der Waals surface area contributed by atoms with Crippen molar-refractivity contribution in [3.63, 3.8) is 0 Å². The van der Waals surface area contributed by atoms with E-state index >= 15 is 0 Å². The van der Waals surface area contributed by atoms with Crippen molar-refractivity contribution in [1.29, 1.82) is 0 Å². The van der Waals surface area contributed by atoms with Gasteiger partial charge in [0.15, 0.2) is 0 Å². The van der Waals surface area contributed by atoms with Crippen LogP contribution in [0.25, 0.3) is 0 Å². The lowest BCUT2D eigenvalue weighted by atomic mass is 9.89. The van der Waals surface area contributed by atoms with Crippen LogP contribution in [0.5, 0.6) is 0 Å². The van der Waals surface area contributed by atoms with E-state index in [0.29, 0.717) is 6.61 Å². The van der Waals surface area contributed by atoms with Gasteiger partial charge in [0.05, 0.1) is 12.1 Å². The summed E-state index contributed by atoms with van der Waals surface area (Å²) in [6.07, 6.45) is 2.30. The molecule has 0 aromatic heterocycles. The average molecular weight is 226 g/mol. The lowest BCUT2D eigenvalue weighted by Gasteiger charge is -2.29. The smallest absolute Gasteiger partial charge is 0.0686 e. The second-order valence-corrected chi connectivity index (χ2v) is 4.49. The van der Waals surface area contributed by atoms with E-state index in [-0.39, 0.29) is 5.54 Å². The van der Waals surface area contributed by atoms with Crippen LogP contribution in [0.2, 0.25) is 5.02 Å². The first-order chi connectivity index (χ1) is 7.27. The molecule has 0 spiro atoms. The Kier molecular flexibility index (Phi) is 3.29. The Balaban J connectivity index is 2.31. The van der Waals surface area contributed by atoms with Crippen LogP contribution in [-0.4, -0.2) is 20.3 Å². The molecule has 1 saturated heterocycles. The van der Waals surface area contributed by atoms with Crippen molar-refractivity contribution >= 4 is 11.6 Å². The van der Waals surface area contributed by atoms with E-state index in [1.54, 1.807) is 7.11 Å². The Bertz CT molecular complexity index is 334. The standard InChI is InChI=1S/C12H16ClNO/c1-15-9-12(6-3-7-14-12)10-4-2-5-11(13)8-10/h2,4-5,8,14H,3,6-7,9H2,1H3. The highest BCUT2D eigenvalue weighted by Gasteiger charge is 2.35. The lowest BCUT2D eigenvalue weighted by Crippen LogP contribution is -2.41. The lowest BCUT2D eigenvalue weighted by molar-refractivity contribution is 0.120. The molecule has 0 radical (unpaired) electrons. The summed E-state index contributed by atoms with van der Waals surface area (Å²) in [4.78, 5) is 0. The van der Waals surface area contributed by atoms with Gasteiger partial charge in [-0.05, 0) is 37.1 Å². The van der Waals surface area contributed by atoms with Gasteiger partial charge in [-0.15, -0.1) is 0 Å². The minimum atomic E-state index is -0.0281. The number of methoxy groups -OCH3 is 1. The van der Waals surface area contributed by atoms with Gasteiger partial charge in [0, 0.05) is 12.1 Å². The van der Waals surface area contributed by atoms with E-state index in [4.69, 9.17) is 16.3 Å². The first-order valence-corrected chi connectivity index (χ1v) is 5.65. The summed E-state index contributed by atoms with van der Waals surface area (Å²) in [6.45, 7) is 1.75. The Morgan fingerprint density at radius 3 is 3.00 bits per heavy atom. The molecule has 0 saturated carbocycles. The summed E-state index contributed by atoms with van der Waals surface area (Å²) >= 11 is 6.02. The van der Waals surface area contributed by atoms with Crippen LogP contribution in [0.1, 0.15) is 18.4 Å². The third-order valence-electron chi connectivity index (χ3n) is 3.01. The molecule has 1 aromatic carbocycles. The van der Waals surface area contributed by atoms with E-state index in [0.717, 1.165) is 18.0 Å². The van der Waals surface area contributed by atoms with Crippen LogP contribution in [0.15, 0.2) is 24.3 Å². The summed E-state index contributed by atoms with van der Waals surface area (Å²) < 4.78 is 5.32. The highest BCUT2D eigenvalue weighted by molar-refractivity contribution is 6.30. The van der Waals surface area contributed by atoms with Crippen LogP contribution < -0.4 is 5.32 Å². The number of rotatable bonds is 3. The Labute approximate surface area is 95.6 Å². The van der Waals surface area contributed by atoms with E-state index < -0.39 is 0 Å². The van der Waals surface area contributed by atoms with Crippen molar-refractivity contribution in [2.24, 2.45) is 0 Å². The van der Waals surface area contributed by atoms with Gasteiger partial charge in [0.1, 0.15) is 0 Å². The topological polar surface area (TPSA) is 21.3 Å². The van der Waals surface area contributed by atoms with Crippen LogP contribution in [0, 0.1) is 0 Å². The highest BCUT2D eigenvalue weighted by Crippen LogP contribution is 2.32. The molecule has 1 fully saturated rings. The van der Waals surface area contributed by atoms with Crippen molar-refractivity contribution in [2.75, 3.05) is 20.3 Å². The molecule has 1 aliphatic heterocycles. The molecule has 1 N–H and O–H groups in total. The summed E-state index contributed by atoms with van der Waals surface area (Å²) in [6, 6.07) is 8.04. The maximum absolute atomic E-state index is 6.02. The van der Waals surface area contributed by atoms with Gasteiger partial charge in [-0.3, -0.25) is 0 Å². The van der Waals surface area contributed by atoms with Gasteiger partial charge in [-0.2, -0.15) is 0 Å². The van der Waals surface area contributed by atoms with E-state index in [2.05, 4.69) is 11.4 Å². The molecule has 1 aromatic rings. The molecule has 3 heteroatoms. The molecule has 15 heavy (non-hydrogen) atoms. The molecule has 2 nitrogen and oxygen atoms in total. The number of ether oxygens (including phenoxy) is 1. The molecular weight excluding hydrogens is 210 g/mol. The molecular formula is C12H16ClNO. The van der Waals surface area contributed by atoms with Crippen molar-refractivity contribution in [2.45, 2.75) is 18.4 Å². The number of benzene rings is 1. The van der Waals surface area contributed by atoms with Crippen LogP contribution in [-0.2, 0) is 10.3 Å². The molecule has 82 valence electrons. The first kappa shape index (κ1) is 10.9. The van der Waals surface area contributed by atoms with Gasteiger partial charge in [0.25, 0.3) is 0 Å². The van der Waals surface area contributed by atoms with Crippen LogP contribution in [0.3, 0.4) is 0 Å². The Morgan fingerprint density at radius 2 is 2.40 bits per heavy atom. The number of nitrogens with one attached hydrogen (secondary N) is 1. The highest BCUT2D eigenvalue weighted by atomic mass is 35.5. The predicted molar refractivity (Wildman–Crippen MR) is 62.2 cm³/mol. The quantitative estimate of drug-likeness (QED) is 0.854. The fraction of sp³-hybridized carbons (Fsp3) is 0.500. The zero-order valence-corrected chi connectivity index (χ0v) is 9.68. The molecule has 0 aliphatic carbocycles. The van der Waals surface area contributed by atoms with E-state index in [1.807, 2.05) is 18.2 Å². The molecule has 1 unspecified atom stereocenters. The molecule has 0 amide bonds. The largest absolute Gasteiger partial charge is 0.382 e. The minimum Gasteiger partial charge on any atom is -0.382 e. The van der Waals surface area contributed by atoms with E-state index in [1.165, 1.54) is 12.0 Å². The van der Waals surface area contributed by atoms with Crippen LogP contribution in [0.4, 0.5) is 0 Å². The van der Waals surface area contributed by atoms with Crippen molar-refractivity contribution in [3.05, 3.63) is 34.9 Å². The van der Waals surface area contributed by atoms with Gasteiger partial charge in [-0.25, -0.2) is 0 Å². The summed E-state index contributed by atoms with van der Waals surface area (Å²) in [5.74, 6) is 0. The van der Waals surface area contributed by atoms with Crippen molar-refractivity contribution < 1.29 is 4.74 Å². The van der Waals surface area contributed by atoms with Gasteiger partial charge >= 0.3 is 0 Å². The number of hydrogen-bond acceptors (Lipinski definition) is 2. The van der Waals surface area contributed by atoms with E-state index in [9.17, 15) is 0 Å². The fourth-order valence-electron chi connectivity index (χ4n) is 2.29. The third-order valence-corrected chi connectivity index (χ3v) is 3.25. The zero-order valence-electron chi connectivity index (χ0n) is 8.92.